The number of carbonyl (C=O) groups excluding carboxylic acids is 1. The molecular weight excluding hydrogens is 757 g/mol. The maximum atomic E-state index is 13.3. The first-order valence-electron chi connectivity index (χ1n) is 25.8. The monoisotopic (exact) mass is 855 g/mol. The number of carboxylic acid groups (broad SMARTS) is 2. The second-order valence-corrected chi connectivity index (χ2v) is 18.2. The van der Waals surface area contributed by atoms with Crippen molar-refractivity contribution in [1.82, 2.24) is 0 Å². The number of ether oxygens (including phenoxy) is 2. The van der Waals surface area contributed by atoms with Crippen molar-refractivity contribution in [3.8, 4) is 0 Å². The number of unbranched alkanes of at least 4 members (excludes halogenated alkanes) is 35. The third kappa shape index (κ3) is 43.0. The van der Waals surface area contributed by atoms with E-state index in [1.165, 1.54) is 148 Å². The lowest BCUT2D eigenvalue weighted by Crippen LogP contribution is -2.41. The smallest absolute Gasteiger partial charge is 0.308 e. The number of hydrogen-bond donors (Lipinski definition) is 4. The van der Waals surface area contributed by atoms with E-state index >= 15 is 0 Å². The molecule has 0 heterocycles. The minimum absolute atomic E-state index is 0.0512. The molecule has 9 nitrogen and oxygen atoms in total. The highest BCUT2D eigenvalue weighted by Gasteiger charge is 2.35. The van der Waals surface area contributed by atoms with Crippen molar-refractivity contribution >= 4 is 17.9 Å². The number of carboxylic acids is 2. The fourth-order valence-electron chi connectivity index (χ4n) is 8.30. The molecular formula is C51H98O9. The van der Waals surface area contributed by atoms with Crippen molar-refractivity contribution in [2.24, 2.45) is 0 Å². The fourth-order valence-corrected chi connectivity index (χ4v) is 8.30. The van der Waals surface area contributed by atoms with Gasteiger partial charge in [0.2, 0.25) is 5.79 Å². The molecule has 0 spiro atoms. The highest BCUT2D eigenvalue weighted by atomic mass is 16.7. The number of esters is 1. The quantitative estimate of drug-likeness (QED) is 0.0266. The largest absolute Gasteiger partial charge is 0.481 e. The van der Waals surface area contributed by atoms with Crippen LogP contribution in [-0.4, -0.2) is 63.4 Å². The SMILES string of the molecule is CCCCCCCCCCCCCCCC(=O)OC(CCCCCCCCCCCCCCCC(=O)O)(CCCCCCCCCCCCCCC(=O)O)OCC(O)CO. The zero-order valence-corrected chi connectivity index (χ0v) is 39.2. The second kappa shape index (κ2) is 45.3. The molecule has 0 saturated heterocycles. The second-order valence-electron chi connectivity index (χ2n) is 18.2. The molecule has 0 fully saturated rings. The van der Waals surface area contributed by atoms with Crippen molar-refractivity contribution in [2.45, 2.75) is 295 Å². The Bertz CT molecular complexity index is 944. The van der Waals surface area contributed by atoms with E-state index in [0.717, 1.165) is 96.3 Å². The molecule has 0 amide bonds. The van der Waals surface area contributed by atoms with Crippen LogP contribution in [0.25, 0.3) is 0 Å². The third-order valence-corrected chi connectivity index (χ3v) is 12.2. The van der Waals surface area contributed by atoms with Crippen LogP contribution < -0.4 is 0 Å². The first kappa shape index (κ1) is 58.3. The van der Waals surface area contributed by atoms with Gasteiger partial charge in [-0.1, -0.05) is 219 Å². The Kier molecular flexibility index (Phi) is 44.0. The minimum atomic E-state index is -1.07. The van der Waals surface area contributed by atoms with Crippen molar-refractivity contribution in [1.29, 1.82) is 0 Å². The van der Waals surface area contributed by atoms with Crippen molar-refractivity contribution in [3.05, 3.63) is 0 Å². The van der Waals surface area contributed by atoms with E-state index in [4.69, 9.17) is 19.7 Å². The molecule has 4 N–H and O–H groups in total. The average molecular weight is 855 g/mol. The maximum absolute atomic E-state index is 13.3. The highest BCUT2D eigenvalue weighted by Crippen LogP contribution is 2.31. The number of aliphatic hydroxyl groups is 2. The van der Waals surface area contributed by atoms with Gasteiger partial charge < -0.3 is 29.9 Å². The van der Waals surface area contributed by atoms with Gasteiger partial charge in [-0.3, -0.25) is 14.4 Å². The normalized spacial score (nSPS) is 13.1. The van der Waals surface area contributed by atoms with Crippen LogP contribution in [0.5, 0.6) is 0 Å². The molecule has 0 radical (unpaired) electrons. The summed E-state index contributed by atoms with van der Waals surface area (Å²) >= 11 is 0. The lowest BCUT2D eigenvalue weighted by molar-refractivity contribution is -0.248. The van der Waals surface area contributed by atoms with Crippen LogP contribution >= 0.6 is 0 Å². The van der Waals surface area contributed by atoms with Gasteiger partial charge in [-0.2, -0.15) is 0 Å². The average Bonchev–Trinajstić information content (AvgIpc) is 3.22. The van der Waals surface area contributed by atoms with Crippen molar-refractivity contribution < 1.29 is 44.3 Å². The summed E-state index contributed by atoms with van der Waals surface area (Å²) in [5.74, 6) is -2.67. The number of rotatable bonds is 50. The van der Waals surface area contributed by atoms with Crippen LogP contribution in [0.15, 0.2) is 0 Å². The molecule has 0 aliphatic rings. The van der Waals surface area contributed by atoms with E-state index < -0.39 is 23.8 Å². The standard InChI is InChI=1S/C51H98O9/c1-2-3-4-5-6-7-8-10-17-22-27-32-37-42-50(58)60-51(59-46-47(53)45-52,44-39-34-29-24-19-14-12-16-21-26-31-36-41-49(56)57)43-38-33-28-23-18-13-9-11-15-20-25-30-35-40-48(54)55/h47,52-53H,2-46H2,1H3,(H,54,55)(H,56,57). The summed E-state index contributed by atoms with van der Waals surface area (Å²) in [5, 5.41) is 37.4. The Morgan fingerprint density at radius 1 is 0.417 bits per heavy atom. The van der Waals surface area contributed by atoms with Gasteiger partial charge in [0, 0.05) is 32.1 Å². The number of aliphatic carboxylic acids is 2. The van der Waals surface area contributed by atoms with Crippen molar-refractivity contribution in [2.75, 3.05) is 13.2 Å². The minimum Gasteiger partial charge on any atom is -0.481 e. The molecule has 0 aromatic carbocycles. The van der Waals surface area contributed by atoms with Crippen LogP contribution in [0.3, 0.4) is 0 Å². The van der Waals surface area contributed by atoms with E-state index in [-0.39, 0.29) is 32.0 Å². The van der Waals surface area contributed by atoms with E-state index in [9.17, 15) is 24.6 Å². The molecule has 60 heavy (non-hydrogen) atoms. The first-order chi connectivity index (χ1) is 29.2. The molecule has 2 atom stereocenters. The van der Waals surface area contributed by atoms with E-state index in [1.54, 1.807) is 0 Å². The van der Waals surface area contributed by atoms with Gasteiger partial charge in [0.05, 0.1) is 13.2 Å². The van der Waals surface area contributed by atoms with Gasteiger partial charge in [0.25, 0.3) is 0 Å². The summed E-state index contributed by atoms with van der Waals surface area (Å²) in [7, 11) is 0. The van der Waals surface area contributed by atoms with Crippen LogP contribution in [0.1, 0.15) is 283 Å². The third-order valence-electron chi connectivity index (χ3n) is 12.2. The van der Waals surface area contributed by atoms with Gasteiger partial charge in [-0.15, -0.1) is 0 Å². The fraction of sp³-hybridized carbons (Fsp3) is 0.941. The summed E-state index contributed by atoms with van der Waals surface area (Å²) in [6.07, 6.45) is 45.3. The van der Waals surface area contributed by atoms with Gasteiger partial charge in [-0.05, 0) is 32.1 Å². The van der Waals surface area contributed by atoms with E-state index in [0.29, 0.717) is 19.3 Å². The van der Waals surface area contributed by atoms with Crippen LogP contribution in [0.2, 0.25) is 0 Å². The molecule has 9 heteroatoms. The van der Waals surface area contributed by atoms with Crippen LogP contribution in [0, 0.1) is 0 Å². The summed E-state index contributed by atoms with van der Waals surface area (Å²) in [4.78, 5) is 34.6. The predicted molar refractivity (Wildman–Crippen MR) is 247 cm³/mol. The molecule has 0 aliphatic heterocycles. The molecule has 2 unspecified atom stereocenters. The number of carbonyl (C=O) groups is 3. The van der Waals surface area contributed by atoms with Crippen LogP contribution in [0.4, 0.5) is 0 Å². The molecule has 0 aromatic rings. The van der Waals surface area contributed by atoms with Gasteiger partial charge in [0.1, 0.15) is 6.10 Å². The lowest BCUT2D eigenvalue weighted by atomic mass is 9.98. The van der Waals surface area contributed by atoms with Gasteiger partial charge in [-0.25, -0.2) is 0 Å². The zero-order valence-electron chi connectivity index (χ0n) is 39.2. The molecule has 356 valence electrons. The van der Waals surface area contributed by atoms with E-state index in [1.807, 2.05) is 0 Å². The Hall–Kier alpha value is -1.71. The summed E-state index contributed by atoms with van der Waals surface area (Å²) in [6, 6.07) is 0. The summed E-state index contributed by atoms with van der Waals surface area (Å²) < 4.78 is 12.6. The van der Waals surface area contributed by atoms with Gasteiger partial charge >= 0.3 is 17.9 Å². The summed E-state index contributed by atoms with van der Waals surface area (Å²) in [6.45, 7) is 1.82. The Morgan fingerprint density at radius 2 is 0.683 bits per heavy atom. The topological polar surface area (TPSA) is 151 Å². The van der Waals surface area contributed by atoms with E-state index in [2.05, 4.69) is 6.92 Å². The Balaban J connectivity index is 4.76. The van der Waals surface area contributed by atoms with Crippen LogP contribution in [-0.2, 0) is 23.9 Å². The molecule has 0 bridgehead atoms. The molecule has 0 aliphatic carbocycles. The van der Waals surface area contributed by atoms with Crippen molar-refractivity contribution in [3.63, 3.8) is 0 Å². The summed E-state index contributed by atoms with van der Waals surface area (Å²) in [5.41, 5.74) is 0. The molecule has 0 aromatic heterocycles. The lowest BCUT2D eigenvalue weighted by Gasteiger charge is -2.34. The molecule has 0 saturated carbocycles. The predicted octanol–water partition coefficient (Wildman–Crippen LogP) is 14.6. The molecule has 0 rings (SSSR count). The maximum Gasteiger partial charge on any atom is 0.308 e. The Labute approximate surface area is 369 Å². The van der Waals surface area contributed by atoms with Gasteiger partial charge in [0.15, 0.2) is 0 Å². The Morgan fingerprint density at radius 3 is 0.967 bits per heavy atom. The number of aliphatic hydroxyl groups excluding tert-OH is 2. The number of hydrogen-bond acceptors (Lipinski definition) is 7. The first-order valence-corrected chi connectivity index (χ1v) is 25.8. The highest BCUT2D eigenvalue weighted by molar-refractivity contribution is 5.69. The zero-order chi connectivity index (χ0) is 44.0.